The number of pyridine rings is 1. The van der Waals surface area contributed by atoms with E-state index in [1.165, 1.54) is 7.11 Å². The number of aryl methyl sites for hydroxylation is 3. The number of nitrogens with zero attached hydrogens (tertiary/aromatic N) is 2. The van der Waals surface area contributed by atoms with Crippen LogP contribution in [0.2, 0.25) is 5.02 Å². The quantitative estimate of drug-likeness (QED) is 0.406. The second-order valence-corrected chi connectivity index (χ2v) is 9.31. The summed E-state index contributed by atoms with van der Waals surface area (Å²) in [7, 11) is 1.34. The molecule has 0 bridgehead atoms. The average Bonchev–Trinajstić information content (AvgIpc) is 2.95. The van der Waals surface area contributed by atoms with Gasteiger partial charge in [0.15, 0.2) is 6.10 Å². The van der Waals surface area contributed by atoms with Crippen LogP contribution in [0.15, 0.2) is 24.3 Å². The number of fused-ring (bicyclic) bond motifs is 1. The first-order valence-electron chi connectivity index (χ1n) is 10.6. The number of hydrogen-bond acceptors (Lipinski definition) is 4. The Bertz CT molecular complexity index is 1150. The van der Waals surface area contributed by atoms with Gasteiger partial charge in [-0.2, -0.15) is 0 Å². The fourth-order valence-electron chi connectivity index (χ4n) is 4.08. The lowest BCUT2D eigenvalue weighted by atomic mass is 9.91. The predicted octanol–water partition coefficient (Wildman–Crippen LogP) is 6.28. The maximum Gasteiger partial charge on any atom is 0.339 e. The van der Waals surface area contributed by atoms with Crippen LogP contribution in [-0.2, 0) is 20.8 Å². The first-order chi connectivity index (χ1) is 15.0. The molecule has 1 unspecified atom stereocenters. The van der Waals surface area contributed by atoms with Crippen molar-refractivity contribution in [3.63, 3.8) is 0 Å². The zero-order chi connectivity index (χ0) is 23.8. The maximum absolute atomic E-state index is 13.4. The summed E-state index contributed by atoms with van der Waals surface area (Å²) in [5.41, 5.74) is 4.94. The lowest BCUT2D eigenvalue weighted by Gasteiger charge is -2.28. The number of halogens is 2. The maximum atomic E-state index is 13.4. The molecule has 2 heterocycles. The number of hydrogen-bond donors (Lipinski definition) is 0. The topological polar surface area (TPSA) is 53.4 Å². The largest absolute Gasteiger partial charge is 0.467 e. The first-order valence-corrected chi connectivity index (χ1v) is 10.9. The minimum atomic E-state index is -0.980. The van der Waals surface area contributed by atoms with Crippen LogP contribution < -0.4 is 0 Å². The van der Waals surface area contributed by atoms with E-state index in [2.05, 4.69) is 0 Å². The van der Waals surface area contributed by atoms with Crippen LogP contribution in [0.5, 0.6) is 0 Å². The second-order valence-electron chi connectivity index (χ2n) is 8.88. The van der Waals surface area contributed by atoms with E-state index in [9.17, 15) is 9.18 Å². The van der Waals surface area contributed by atoms with E-state index >= 15 is 0 Å². The number of benzene rings is 1. The third-order valence-electron chi connectivity index (χ3n) is 5.57. The van der Waals surface area contributed by atoms with Gasteiger partial charge < -0.3 is 14.0 Å². The Labute approximate surface area is 193 Å². The van der Waals surface area contributed by atoms with Crippen molar-refractivity contribution < 1.29 is 18.7 Å². The van der Waals surface area contributed by atoms with Gasteiger partial charge in [0.05, 0.1) is 19.3 Å². The summed E-state index contributed by atoms with van der Waals surface area (Å²) in [6, 6.07) is 7.43. The van der Waals surface area contributed by atoms with Crippen molar-refractivity contribution in [1.82, 2.24) is 9.55 Å². The van der Waals surface area contributed by atoms with Crippen molar-refractivity contribution in [3.05, 3.63) is 51.8 Å². The molecule has 0 N–H and O–H groups in total. The third kappa shape index (κ3) is 4.52. The molecule has 1 atom stereocenters. The summed E-state index contributed by atoms with van der Waals surface area (Å²) < 4.78 is 26.6. The highest BCUT2D eigenvalue weighted by Gasteiger charge is 2.34. The zero-order valence-electron chi connectivity index (χ0n) is 19.7. The Morgan fingerprint density at radius 1 is 1.19 bits per heavy atom. The molecule has 0 amide bonds. The molecule has 32 heavy (non-hydrogen) atoms. The van der Waals surface area contributed by atoms with Gasteiger partial charge in [-0.25, -0.2) is 14.2 Å². The lowest BCUT2D eigenvalue weighted by Crippen LogP contribution is -2.29. The summed E-state index contributed by atoms with van der Waals surface area (Å²) in [6.45, 7) is 11.2. The first kappa shape index (κ1) is 24.2. The molecule has 0 aliphatic carbocycles. The molecule has 0 saturated carbocycles. The highest BCUT2D eigenvalue weighted by Crippen LogP contribution is 2.42. The summed E-state index contributed by atoms with van der Waals surface area (Å²) in [5.74, 6) is -0.503. The number of carbonyl (C=O) groups excluding carboxylic acids is 1. The van der Waals surface area contributed by atoms with Gasteiger partial charge in [0.25, 0.3) is 0 Å². The van der Waals surface area contributed by atoms with Crippen molar-refractivity contribution in [3.8, 4) is 11.1 Å². The number of ether oxygens (including phenoxy) is 2. The van der Waals surface area contributed by atoms with E-state index in [0.717, 1.165) is 27.8 Å². The fourth-order valence-corrected chi connectivity index (χ4v) is 4.20. The van der Waals surface area contributed by atoms with E-state index in [1.807, 2.05) is 58.2 Å². The molecule has 0 radical (unpaired) electrons. The fraction of sp³-hybridized carbons (Fsp3) is 0.440. The summed E-state index contributed by atoms with van der Waals surface area (Å²) >= 11 is 6.16. The molecule has 3 aromatic rings. The molecule has 0 spiro atoms. The Balaban J connectivity index is 2.48. The molecule has 0 aliphatic heterocycles. The highest BCUT2D eigenvalue weighted by atomic mass is 35.5. The van der Waals surface area contributed by atoms with Gasteiger partial charge in [-0.1, -0.05) is 23.7 Å². The van der Waals surface area contributed by atoms with Crippen LogP contribution in [0.1, 0.15) is 49.4 Å². The average molecular weight is 461 g/mol. The van der Waals surface area contributed by atoms with Gasteiger partial charge >= 0.3 is 5.97 Å². The number of alkyl halides is 1. The molecule has 172 valence electrons. The van der Waals surface area contributed by atoms with E-state index in [1.54, 1.807) is 12.1 Å². The third-order valence-corrected chi connectivity index (χ3v) is 5.83. The minimum absolute atomic E-state index is 0.209. The molecule has 7 heteroatoms. The van der Waals surface area contributed by atoms with Crippen LogP contribution in [0.4, 0.5) is 4.39 Å². The Morgan fingerprint density at radius 3 is 2.34 bits per heavy atom. The number of aromatic nitrogens is 2. The van der Waals surface area contributed by atoms with Crippen LogP contribution >= 0.6 is 11.6 Å². The molecule has 5 nitrogen and oxygen atoms in total. The van der Waals surface area contributed by atoms with Crippen molar-refractivity contribution in [2.75, 3.05) is 13.8 Å². The standard InChI is InChI=1S/C25H30ClFN2O3/c1-14-16(3)29(13-12-27)23-19(14)21(17-8-10-18(26)11-9-17)20(15(2)28-23)22(24(30)31-7)32-25(4,5)6/h8-11,22H,12-13H2,1-7H3. The SMILES string of the molecule is COC(=O)C(OC(C)(C)C)c1c(C)nc2c(c(C)c(C)n2CCF)c1-c1ccc(Cl)cc1. The van der Waals surface area contributed by atoms with Gasteiger partial charge in [-0.3, -0.25) is 0 Å². The van der Waals surface area contributed by atoms with Crippen molar-refractivity contribution in [2.24, 2.45) is 0 Å². The Hall–Kier alpha value is -2.44. The Kier molecular flexibility index (Phi) is 6.96. The van der Waals surface area contributed by atoms with E-state index in [0.29, 0.717) is 21.9 Å². The molecule has 2 aromatic heterocycles. The Morgan fingerprint density at radius 2 is 1.81 bits per heavy atom. The van der Waals surface area contributed by atoms with Gasteiger partial charge in [0, 0.05) is 32.9 Å². The van der Waals surface area contributed by atoms with Crippen molar-refractivity contribution in [2.45, 2.75) is 59.8 Å². The van der Waals surface area contributed by atoms with Crippen LogP contribution in [0.3, 0.4) is 0 Å². The van der Waals surface area contributed by atoms with Crippen molar-refractivity contribution >= 4 is 28.6 Å². The molecule has 0 fully saturated rings. The second kappa shape index (κ2) is 9.20. The number of carbonyl (C=O) groups is 1. The van der Waals surface area contributed by atoms with Crippen LogP contribution in [-0.4, -0.2) is 34.9 Å². The molecular weight excluding hydrogens is 431 g/mol. The summed E-state index contributed by atoms with van der Waals surface area (Å²) in [6.07, 6.45) is -0.980. The monoisotopic (exact) mass is 460 g/mol. The molecule has 0 saturated heterocycles. The molecule has 1 aromatic carbocycles. The van der Waals surface area contributed by atoms with E-state index < -0.39 is 24.3 Å². The van der Waals surface area contributed by atoms with Gasteiger partial charge in [0.2, 0.25) is 0 Å². The number of esters is 1. The molecular formula is C25H30ClFN2O3. The molecule has 0 aliphatic rings. The smallest absolute Gasteiger partial charge is 0.339 e. The minimum Gasteiger partial charge on any atom is -0.467 e. The lowest BCUT2D eigenvalue weighted by molar-refractivity contribution is -0.164. The van der Waals surface area contributed by atoms with Crippen molar-refractivity contribution in [1.29, 1.82) is 0 Å². The van der Waals surface area contributed by atoms with E-state index in [4.69, 9.17) is 26.1 Å². The molecule has 3 rings (SSSR count). The van der Waals surface area contributed by atoms with Gasteiger partial charge in [0.1, 0.15) is 12.3 Å². The van der Waals surface area contributed by atoms with Gasteiger partial charge in [-0.15, -0.1) is 0 Å². The highest BCUT2D eigenvalue weighted by molar-refractivity contribution is 6.30. The summed E-state index contributed by atoms with van der Waals surface area (Å²) in [5, 5.41) is 1.47. The predicted molar refractivity (Wildman–Crippen MR) is 126 cm³/mol. The number of rotatable bonds is 6. The van der Waals surface area contributed by atoms with Gasteiger partial charge in [-0.05, 0) is 64.8 Å². The zero-order valence-corrected chi connectivity index (χ0v) is 20.4. The van der Waals surface area contributed by atoms with Crippen LogP contribution in [0.25, 0.3) is 22.2 Å². The van der Waals surface area contributed by atoms with E-state index in [-0.39, 0.29) is 6.54 Å². The normalized spacial score (nSPS) is 12.9. The van der Waals surface area contributed by atoms with Crippen LogP contribution in [0, 0.1) is 20.8 Å². The number of methoxy groups -OCH3 is 1. The summed E-state index contributed by atoms with van der Waals surface area (Å²) in [4.78, 5) is 17.8.